The molecule has 31 heavy (non-hydrogen) atoms. The molecule has 1 aromatic carbocycles. The molecule has 0 saturated carbocycles. The summed E-state index contributed by atoms with van der Waals surface area (Å²) in [5.74, 6) is -0.318. The molecule has 168 valence electrons. The van der Waals surface area contributed by atoms with Crippen LogP contribution in [-0.2, 0) is 33.1 Å². The quantitative estimate of drug-likeness (QED) is 0.615. The minimum atomic E-state index is -3.96. The van der Waals surface area contributed by atoms with Crippen LogP contribution < -0.4 is 10.1 Å². The number of aryl methyl sites for hydroxylation is 1. The topological polar surface area (TPSA) is 107 Å². The maximum absolute atomic E-state index is 13.2. The van der Waals surface area contributed by atoms with Gasteiger partial charge in [0.15, 0.2) is 0 Å². The summed E-state index contributed by atoms with van der Waals surface area (Å²) < 4.78 is 39.3. The highest BCUT2D eigenvalue weighted by atomic mass is 32.2. The van der Waals surface area contributed by atoms with E-state index >= 15 is 0 Å². The largest absolute Gasteiger partial charge is 0.496 e. The van der Waals surface area contributed by atoms with E-state index in [0.717, 1.165) is 5.56 Å². The Labute approximate surface area is 182 Å². The Morgan fingerprint density at radius 2 is 2.00 bits per heavy atom. The van der Waals surface area contributed by atoms with E-state index in [9.17, 15) is 18.0 Å². The van der Waals surface area contributed by atoms with Crippen LogP contribution in [0.2, 0.25) is 0 Å². The van der Waals surface area contributed by atoms with E-state index in [-0.39, 0.29) is 36.2 Å². The Bertz CT molecular complexity index is 1060. The van der Waals surface area contributed by atoms with Gasteiger partial charge in [0.05, 0.1) is 13.7 Å². The highest BCUT2D eigenvalue weighted by Crippen LogP contribution is 2.28. The number of carbonyl (C=O) groups excluding carboxylic acids is 2. The van der Waals surface area contributed by atoms with Crippen molar-refractivity contribution in [2.45, 2.75) is 37.2 Å². The van der Waals surface area contributed by atoms with Gasteiger partial charge in [-0.05, 0) is 31.9 Å². The Morgan fingerprint density at radius 3 is 2.71 bits per heavy atom. The number of methoxy groups -OCH3 is 1. The standard InChI is InChI=1S/C21H27N3O6S/c1-4-30-21(26)18-12-16(14-23(18)2)31(27,28)24-11-7-9-17(24)20(25)22-13-15-8-5-6-10-19(15)29-3/h5-6,8,10,12,14,17H,4,7,9,11,13H2,1-3H3,(H,22,25)/t17-/m1/s1. The van der Waals surface area contributed by atoms with E-state index in [1.54, 1.807) is 27.1 Å². The molecular weight excluding hydrogens is 422 g/mol. The van der Waals surface area contributed by atoms with Crippen molar-refractivity contribution in [3.63, 3.8) is 0 Å². The summed E-state index contributed by atoms with van der Waals surface area (Å²) in [5.41, 5.74) is 0.935. The van der Waals surface area contributed by atoms with Crippen LogP contribution in [-0.4, -0.2) is 55.5 Å². The van der Waals surface area contributed by atoms with Crippen molar-refractivity contribution in [3.05, 3.63) is 47.8 Å². The van der Waals surface area contributed by atoms with Crippen molar-refractivity contribution in [3.8, 4) is 5.75 Å². The fraction of sp³-hybridized carbons (Fsp3) is 0.429. The van der Waals surface area contributed by atoms with Crippen LogP contribution in [0.3, 0.4) is 0 Å². The number of sulfonamides is 1. The van der Waals surface area contributed by atoms with E-state index in [2.05, 4.69) is 5.32 Å². The molecule has 2 heterocycles. The normalized spacial score (nSPS) is 16.8. The van der Waals surface area contributed by atoms with Crippen molar-refractivity contribution in [1.29, 1.82) is 0 Å². The number of benzene rings is 1. The smallest absolute Gasteiger partial charge is 0.354 e. The van der Waals surface area contributed by atoms with Crippen LogP contribution in [0, 0.1) is 0 Å². The van der Waals surface area contributed by atoms with Crippen LogP contribution in [0.4, 0.5) is 0 Å². The number of hydrogen-bond acceptors (Lipinski definition) is 6. The molecule has 0 radical (unpaired) electrons. The molecule has 2 aromatic rings. The first-order valence-electron chi connectivity index (χ1n) is 10.0. The zero-order valence-electron chi connectivity index (χ0n) is 17.8. The second-order valence-corrected chi connectivity index (χ2v) is 9.09. The molecule has 1 aromatic heterocycles. The van der Waals surface area contributed by atoms with Gasteiger partial charge in [-0.15, -0.1) is 0 Å². The van der Waals surface area contributed by atoms with E-state index in [4.69, 9.17) is 9.47 Å². The lowest BCUT2D eigenvalue weighted by Gasteiger charge is -2.23. The fourth-order valence-electron chi connectivity index (χ4n) is 3.66. The lowest BCUT2D eigenvalue weighted by atomic mass is 10.2. The number of carbonyl (C=O) groups is 2. The van der Waals surface area contributed by atoms with Crippen LogP contribution in [0.15, 0.2) is 41.4 Å². The van der Waals surface area contributed by atoms with E-state index in [1.165, 1.54) is 21.1 Å². The third kappa shape index (κ3) is 4.75. The summed E-state index contributed by atoms with van der Waals surface area (Å²) in [4.78, 5) is 24.8. The summed E-state index contributed by atoms with van der Waals surface area (Å²) in [5, 5.41) is 2.82. The fourth-order valence-corrected chi connectivity index (χ4v) is 5.39. The molecule has 0 aliphatic carbocycles. The molecule has 1 saturated heterocycles. The number of nitrogens with zero attached hydrogens (tertiary/aromatic N) is 2. The van der Waals surface area contributed by atoms with Crippen molar-refractivity contribution >= 4 is 21.9 Å². The lowest BCUT2D eigenvalue weighted by molar-refractivity contribution is -0.124. The molecule has 0 unspecified atom stereocenters. The molecule has 0 bridgehead atoms. The van der Waals surface area contributed by atoms with Gasteiger partial charge >= 0.3 is 5.97 Å². The van der Waals surface area contributed by atoms with Crippen LogP contribution >= 0.6 is 0 Å². The molecule has 3 rings (SSSR count). The Morgan fingerprint density at radius 1 is 1.26 bits per heavy atom. The number of para-hydroxylation sites is 1. The van der Waals surface area contributed by atoms with Crippen LogP contribution in [0.25, 0.3) is 0 Å². The van der Waals surface area contributed by atoms with Gasteiger partial charge in [-0.1, -0.05) is 18.2 Å². The van der Waals surface area contributed by atoms with Gasteiger partial charge in [0.25, 0.3) is 0 Å². The summed E-state index contributed by atoms with van der Waals surface area (Å²) in [6.45, 7) is 2.33. The maximum Gasteiger partial charge on any atom is 0.354 e. The predicted molar refractivity (Wildman–Crippen MR) is 113 cm³/mol. The number of nitrogens with one attached hydrogen (secondary N) is 1. The molecule has 10 heteroatoms. The van der Waals surface area contributed by atoms with Gasteiger partial charge in [-0.2, -0.15) is 4.31 Å². The number of esters is 1. The predicted octanol–water partition coefficient (Wildman–Crippen LogP) is 1.68. The molecule has 9 nitrogen and oxygen atoms in total. The molecule has 1 fully saturated rings. The molecule has 1 N–H and O–H groups in total. The SMILES string of the molecule is CCOC(=O)c1cc(S(=O)(=O)N2CCC[C@@H]2C(=O)NCc2ccccc2OC)cn1C. The van der Waals surface area contributed by atoms with Crippen molar-refractivity contribution in [1.82, 2.24) is 14.2 Å². The average Bonchev–Trinajstić information content (AvgIpc) is 3.40. The monoisotopic (exact) mass is 449 g/mol. The Balaban J connectivity index is 1.76. The number of ether oxygens (including phenoxy) is 2. The van der Waals surface area contributed by atoms with E-state index in [1.807, 2.05) is 18.2 Å². The first-order chi connectivity index (χ1) is 14.8. The second kappa shape index (κ2) is 9.52. The van der Waals surface area contributed by atoms with Crippen molar-refractivity contribution < 1.29 is 27.5 Å². The highest BCUT2D eigenvalue weighted by molar-refractivity contribution is 7.89. The third-order valence-corrected chi connectivity index (χ3v) is 7.10. The van der Waals surface area contributed by atoms with Gasteiger partial charge in [0.2, 0.25) is 15.9 Å². The summed E-state index contributed by atoms with van der Waals surface area (Å²) in [7, 11) is -0.832. The van der Waals surface area contributed by atoms with Crippen molar-refractivity contribution in [2.24, 2.45) is 7.05 Å². The number of amides is 1. The molecule has 1 atom stereocenters. The molecular formula is C21H27N3O6S. The van der Waals surface area contributed by atoms with E-state index in [0.29, 0.717) is 18.6 Å². The van der Waals surface area contributed by atoms with Gasteiger partial charge in [-0.25, -0.2) is 13.2 Å². The summed E-state index contributed by atoms with van der Waals surface area (Å²) >= 11 is 0. The molecule has 0 spiro atoms. The average molecular weight is 450 g/mol. The zero-order chi connectivity index (χ0) is 22.6. The van der Waals surface area contributed by atoms with Gasteiger partial charge in [0, 0.05) is 31.9 Å². The van der Waals surface area contributed by atoms with Crippen LogP contribution in [0.1, 0.15) is 35.8 Å². The minimum Gasteiger partial charge on any atom is -0.496 e. The molecule has 1 aliphatic rings. The van der Waals surface area contributed by atoms with Gasteiger partial charge in [-0.3, -0.25) is 4.79 Å². The number of rotatable bonds is 8. The maximum atomic E-state index is 13.2. The zero-order valence-corrected chi connectivity index (χ0v) is 18.6. The highest BCUT2D eigenvalue weighted by Gasteiger charge is 2.40. The Hall–Kier alpha value is -2.85. The molecule has 1 aliphatic heterocycles. The number of aromatic nitrogens is 1. The number of hydrogen-bond donors (Lipinski definition) is 1. The van der Waals surface area contributed by atoms with Gasteiger partial charge < -0.3 is 19.4 Å². The second-order valence-electron chi connectivity index (χ2n) is 7.20. The van der Waals surface area contributed by atoms with Crippen molar-refractivity contribution in [2.75, 3.05) is 20.3 Å². The van der Waals surface area contributed by atoms with Gasteiger partial charge in [0.1, 0.15) is 22.4 Å². The first-order valence-corrected chi connectivity index (χ1v) is 11.5. The summed E-state index contributed by atoms with van der Waals surface area (Å²) in [6, 6.07) is 7.78. The first kappa shape index (κ1) is 22.8. The lowest BCUT2D eigenvalue weighted by Crippen LogP contribution is -2.45. The van der Waals surface area contributed by atoms with Crippen LogP contribution in [0.5, 0.6) is 5.75 Å². The van der Waals surface area contributed by atoms with E-state index < -0.39 is 22.0 Å². The third-order valence-electron chi connectivity index (χ3n) is 5.22. The summed E-state index contributed by atoms with van der Waals surface area (Å²) in [6.07, 6.45) is 2.36. The molecule has 1 amide bonds. The minimum absolute atomic E-state index is 0.0394. The Kier molecular flexibility index (Phi) is 7.01.